The van der Waals surface area contributed by atoms with Crippen LogP contribution in [0.15, 0.2) is 30.6 Å². The summed E-state index contributed by atoms with van der Waals surface area (Å²) in [5, 5.41) is 7.65. The molecule has 1 saturated carbocycles. The van der Waals surface area contributed by atoms with E-state index >= 15 is 0 Å². The highest BCUT2D eigenvalue weighted by Gasteiger charge is 2.44. The maximum Gasteiger partial charge on any atom is 0.225 e. The molecule has 0 bridgehead atoms. The van der Waals surface area contributed by atoms with E-state index in [9.17, 15) is 9.59 Å². The van der Waals surface area contributed by atoms with Gasteiger partial charge in [-0.25, -0.2) is 0 Å². The second-order valence-corrected chi connectivity index (χ2v) is 8.34. The number of likely N-dealkylation sites (tertiary alicyclic amines) is 1. The number of carbonyl (C=O) groups is 2. The Hall–Kier alpha value is -2.70. The molecule has 2 aromatic rings. The summed E-state index contributed by atoms with van der Waals surface area (Å²) in [6.45, 7) is 6.54. The molecule has 4 rings (SSSR count). The molecule has 2 amide bonds. The summed E-state index contributed by atoms with van der Waals surface area (Å²) in [5.74, 6) is -0.247. The van der Waals surface area contributed by atoms with Crippen LogP contribution < -0.4 is 5.32 Å². The molecule has 148 valence electrons. The normalized spacial score (nSPS) is 20.4. The number of amides is 2. The first-order valence-electron chi connectivity index (χ1n) is 9.90. The lowest BCUT2D eigenvalue weighted by molar-refractivity contribution is -0.129. The smallest absolute Gasteiger partial charge is 0.225 e. The zero-order chi connectivity index (χ0) is 19.7. The SMILES string of the molecule is Cc1cc(C)n(CC2(CNC(=O)C3CC(=O)N(Cc4cccnc4)C3)CC2)n1. The molecule has 1 aliphatic carbocycles. The van der Waals surface area contributed by atoms with Gasteiger partial charge in [0.1, 0.15) is 0 Å². The quantitative estimate of drug-likeness (QED) is 0.794. The second kappa shape index (κ2) is 7.37. The number of aryl methyl sites for hydroxylation is 2. The van der Waals surface area contributed by atoms with Crippen LogP contribution in [0, 0.1) is 25.2 Å². The summed E-state index contributed by atoms with van der Waals surface area (Å²) >= 11 is 0. The van der Waals surface area contributed by atoms with Gasteiger partial charge < -0.3 is 10.2 Å². The van der Waals surface area contributed by atoms with Crippen LogP contribution in [0.4, 0.5) is 0 Å². The molecule has 0 spiro atoms. The number of aromatic nitrogens is 3. The third-order valence-electron chi connectivity index (χ3n) is 5.86. The van der Waals surface area contributed by atoms with Crippen LogP contribution in [0.1, 0.15) is 36.2 Å². The van der Waals surface area contributed by atoms with E-state index in [4.69, 9.17) is 0 Å². The van der Waals surface area contributed by atoms with Gasteiger partial charge in [0.25, 0.3) is 0 Å². The Morgan fingerprint density at radius 2 is 2.18 bits per heavy atom. The van der Waals surface area contributed by atoms with E-state index in [0.717, 1.165) is 36.3 Å². The van der Waals surface area contributed by atoms with Gasteiger partial charge in [-0.2, -0.15) is 5.10 Å². The predicted molar refractivity (Wildman–Crippen MR) is 104 cm³/mol. The Kier molecular flexibility index (Phi) is 4.91. The summed E-state index contributed by atoms with van der Waals surface area (Å²) < 4.78 is 2.04. The van der Waals surface area contributed by atoms with E-state index in [1.165, 1.54) is 0 Å². The average molecular weight is 381 g/mol. The Morgan fingerprint density at radius 3 is 2.82 bits per heavy atom. The van der Waals surface area contributed by atoms with Crippen LogP contribution in [0.2, 0.25) is 0 Å². The number of nitrogens with one attached hydrogen (secondary N) is 1. The summed E-state index contributed by atoms with van der Waals surface area (Å²) in [7, 11) is 0. The highest BCUT2D eigenvalue weighted by atomic mass is 16.2. The van der Waals surface area contributed by atoms with Crippen LogP contribution >= 0.6 is 0 Å². The first-order valence-corrected chi connectivity index (χ1v) is 9.90. The van der Waals surface area contributed by atoms with Crippen LogP contribution in [0.3, 0.4) is 0 Å². The lowest BCUT2D eigenvalue weighted by Gasteiger charge is -2.19. The molecule has 1 atom stereocenters. The third-order valence-corrected chi connectivity index (χ3v) is 5.86. The van der Waals surface area contributed by atoms with Crippen molar-refractivity contribution in [3.63, 3.8) is 0 Å². The minimum Gasteiger partial charge on any atom is -0.355 e. The van der Waals surface area contributed by atoms with E-state index in [0.29, 0.717) is 19.6 Å². The molecule has 1 saturated heterocycles. The monoisotopic (exact) mass is 381 g/mol. The largest absolute Gasteiger partial charge is 0.355 e. The van der Waals surface area contributed by atoms with Crippen LogP contribution in [-0.4, -0.2) is 44.6 Å². The molecule has 0 aromatic carbocycles. The number of pyridine rings is 1. The van der Waals surface area contributed by atoms with E-state index in [1.54, 1.807) is 17.3 Å². The van der Waals surface area contributed by atoms with Crippen molar-refractivity contribution in [3.05, 3.63) is 47.5 Å². The number of hydrogen-bond acceptors (Lipinski definition) is 4. The molecule has 2 aliphatic rings. The standard InChI is InChI=1S/C21H27N5O2/c1-15-8-16(2)26(24-15)14-21(5-6-21)13-23-20(28)18-9-19(27)25(12-18)11-17-4-3-7-22-10-17/h3-4,7-8,10,18H,5-6,9,11-14H2,1-2H3,(H,23,28). The summed E-state index contributed by atoms with van der Waals surface area (Å²) in [5.41, 5.74) is 3.27. The number of rotatable bonds is 7. The molecule has 0 radical (unpaired) electrons. The van der Waals surface area contributed by atoms with Crippen molar-refractivity contribution in [2.75, 3.05) is 13.1 Å². The van der Waals surface area contributed by atoms with Crippen molar-refractivity contribution in [2.45, 2.75) is 46.2 Å². The minimum atomic E-state index is -0.270. The summed E-state index contributed by atoms with van der Waals surface area (Å²) in [6, 6.07) is 5.89. The molecule has 3 heterocycles. The predicted octanol–water partition coefficient (Wildman–Crippen LogP) is 1.84. The Bertz CT molecular complexity index is 872. The van der Waals surface area contributed by atoms with Gasteiger partial charge in [0.05, 0.1) is 11.6 Å². The van der Waals surface area contributed by atoms with Crippen molar-refractivity contribution in [1.82, 2.24) is 25.0 Å². The van der Waals surface area contributed by atoms with Gasteiger partial charge in [-0.1, -0.05) is 6.07 Å². The number of nitrogens with zero attached hydrogens (tertiary/aromatic N) is 4. The highest BCUT2D eigenvalue weighted by molar-refractivity contribution is 5.89. The van der Waals surface area contributed by atoms with Crippen molar-refractivity contribution >= 4 is 11.8 Å². The van der Waals surface area contributed by atoms with Crippen LogP contribution in [0.25, 0.3) is 0 Å². The molecule has 7 heteroatoms. The zero-order valence-corrected chi connectivity index (χ0v) is 16.5. The van der Waals surface area contributed by atoms with E-state index < -0.39 is 0 Å². The fourth-order valence-corrected chi connectivity index (χ4v) is 3.95. The maximum atomic E-state index is 12.7. The van der Waals surface area contributed by atoms with Crippen molar-refractivity contribution in [2.24, 2.45) is 11.3 Å². The molecule has 1 N–H and O–H groups in total. The fourth-order valence-electron chi connectivity index (χ4n) is 3.95. The molecular formula is C21H27N5O2. The third kappa shape index (κ3) is 4.08. The Labute approximate surface area is 165 Å². The van der Waals surface area contributed by atoms with Gasteiger partial charge in [0.2, 0.25) is 11.8 Å². The topological polar surface area (TPSA) is 80.1 Å². The van der Waals surface area contributed by atoms with Crippen molar-refractivity contribution in [1.29, 1.82) is 0 Å². The van der Waals surface area contributed by atoms with Crippen molar-refractivity contribution < 1.29 is 9.59 Å². The minimum absolute atomic E-state index is 0.0123. The van der Waals surface area contributed by atoms with Crippen LogP contribution in [0.5, 0.6) is 0 Å². The lowest BCUT2D eigenvalue weighted by Crippen LogP contribution is -2.37. The maximum absolute atomic E-state index is 12.7. The van der Waals surface area contributed by atoms with E-state index in [-0.39, 0.29) is 29.6 Å². The van der Waals surface area contributed by atoms with Gasteiger partial charge in [-0.05, 0) is 44.4 Å². The molecule has 1 aliphatic heterocycles. The van der Waals surface area contributed by atoms with E-state index in [2.05, 4.69) is 28.4 Å². The lowest BCUT2D eigenvalue weighted by atomic mass is 10.1. The summed E-state index contributed by atoms with van der Waals surface area (Å²) in [6.07, 6.45) is 5.96. The molecule has 7 nitrogen and oxygen atoms in total. The van der Waals surface area contributed by atoms with Gasteiger partial charge in [0, 0.05) is 56.1 Å². The van der Waals surface area contributed by atoms with E-state index in [1.807, 2.05) is 23.7 Å². The Balaban J connectivity index is 1.29. The first kappa shape index (κ1) is 18.7. The number of carbonyl (C=O) groups excluding carboxylic acids is 2. The van der Waals surface area contributed by atoms with Crippen LogP contribution in [-0.2, 0) is 22.7 Å². The molecule has 2 aromatic heterocycles. The van der Waals surface area contributed by atoms with Gasteiger partial charge in [0.15, 0.2) is 0 Å². The molecular weight excluding hydrogens is 354 g/mol. The number of hydrogen-bond donors (Lipinski definition) is 1. The first-order chi connectivity index (χ1) is 13.4. The molecule has 1 unspecified atom stereocenters. The molecule has 28 heavy (non-hydrogen) atoms. The summed E-state index contributed by atoms with van der Waals surface area (Å²) in [4.78, 5) is 30.8. The van der Waals surface area contributed by atoms with Gasteiger partial charge >= 0.3 is 0 Å². The second-order valence-electron chi connectivity index (χ2n) is 8.34. The Morgan fingerprint density at radius 1 is 1.36 bits per heavy atom. The zero-order valence-electron chi connectivity index (χ0n) is 16.5. The van der Waals surface area contributed by atoms with Gasteiger partial charge in [-0.15, -0.1) is 0 Å². The molecule has 2 fully saturated rings. The van der Waals surface area contributed by atoms with Crippen molar-refractivity contribution in [3.8, 4) is 0 Å². The fraction of sp³-hybridized carbons (Fsp3) is 0.524. The van der Waals surface area contributed by atoms with Gasteiger partial charge in [-0.3, -0.25) is 19.3 Å². The average Bonchev–Trinajstić information content (AvgIpc) is 3.24. The highest BCUT2D eigenvalue weighted by Crippen LogP contribution is 2.46.